The number of rotatable bonds is 9. The second kappa shape index (κ2) is 8.76. The summed E-state index contributed by atoms with van der Waals surface area (Å²) >= 11 is 0. The van der Waals surface area contributed by atoms with E-state index in [9.17, 15) is 0 Å². The van der Waals surface area contributed by atoms with Crippen LogP contribution in [0.25, 0.3) is 0 Å². The van der Waals surface area contributed by atoms with Gasteiger partial charge in [-0.2, -0.15) is 5.26 Å². The van der Waals surface area contributed by atoms with Crippen molar-refractivity contribution < 1.29 is 18.9 Å². The Kier molecular flexibility index (Phi) is 6.69. The molecular weight excluding hydrogens is 294 g/mol. The first-order valence-electron chi connectivity index (χ1n) is 8.33. The van der Waals surface area contributed by atoms with Gasteiger partial charge in [0.15, 0.2) is 0 Å². The van der Waals surface area contributed by atoms with Gasteiger partial charge in [0.1, 0.15) is 11.5 Å². The molecule has 2 rings (SSSR count). The molecule has 1 aromatic carbocycles. The van der Waals surface area contributed by atoms with E-state index in [0.717, 1.165) is 36.3 Å². The van der Waals surface area contributed by atoms with Crippen LogP contribution >= 0.6 is 0 Å². The fourth-order valence-corrected chi connectivity index (χ4v) is 2.69. The van der Waals surface area contributed by atoms with Gasteiger partial charge in [-0.25, -0.2) is 0 Å². The molecule has 1 aliphatic heterocycles. The van der Waals surface area contributed by atoms with Gasteiger partial charge in [0.25, 0.3) is 0 Å². The van der Waals surface area contributed by atoms with Crippen molar-refractivity contribution in [2.24, 2.45) is 0 Å². The lowest BCUT2D eigenvalue weighted by atomic mass is 10.0. The van der Waals surface area contributed by atoms with Gasteiger partial charge >= 0.3 is 5.97 Å². The molecule has 0 N–H and O–H groups in total. The molecule has 0 bridgehead atoms. The molecule has 1 heterocycles. The van der Waals surface area contributed by atoms with Crippen LogP contribution in [0.1, 0.15) is 45.1 Å². The highest BCUT2D eigenvalue weighted by Gasteiger charge is 2.39. The number of fused-ring (bicyclic) bond motifs is 1. The minimum Gasteiger partial charge on any atom is -0.493 e. The Balaban J connectivity index is 2.04. The monoisotopic (exact) mass is 319 g/mol. The first-order chi connectivity index (χ1) is 11.2. The highest BCUT2D eigenvalue weighted by Crippen LogP contribution is 2.39. The van der Waals surface area contributed by atoms with E-state index in [4.69, 9.17) is 24.2 Å². The van der Waals surface area contributed by atoms with Gasteiger partial charge < -0.3 is 18.9 Å². The highest BCUT2D eigenvalue weighted by molar-refractivity contribution is 5.46. The number of hydrogen-bond donors (Lipinski definition) is 0. The summed E-state index contributed by atoms with van der Waals surface area (Å²) in [5.41, 5.74) is 1.06. The second-order valence-corrected chi connectivity index (χ2v) is 5.35. The second-order valence-electron chi connectivity index (χ2n) is 5.35. The third-order valence-corrected chi connectivity index (χ3v) is 3.71. The maximum absolute atomic E-state index is 8.55. The Morgan fingerprint density at radius 1 is 1.22 bits per heavy atom. The van der Waals surface area contributed by atoms with Crippen LogP contribution in [0.2, 0.25) is 0 Å². The average molecular weight is 319 g/mol. The van der Waals surface area contributed by atoms with Crippen LogP contribution in [0.15, 0.2) is 18.2 Å². The molecule has 0 saturated carbocycles. The molecule has 0 spiro atoms. The van der Waals surface area contributed by atoms with Crippen LogP contribution in [0.3, 0.4) is 0 Å². The summed E-state index contributed by atoms with van der Waals surface area (Å²) < 4.78 is 23.3. The van der Waals surface area contributed by atoms with Crippen LogP contribution in [0.4, 0.5) is 0 Å². The molecule has 1 aliphatic rings. The number of unbranched alkanes of at least 4 members (excludes halogenated alkanes) is 2. The molecule has 0 amide bonds. The minimum atomic E-state index is -0.984. The molecule has 23 heavy (non-hydrogen) atoms. The molecule has 0 fully saturated rings. The Morgan fingerprint density at radius 3 is 2.70 bits per heavy atom. The summed E-state index contributed by atoms with van der Waals surface area (Å²) in [6.07, 6.45) is 3.73. The van der Waals surface area contributed by atoms with Crippen molar-refractivity contribution in [1.29, 1.82) is 5.26 Å². The van der Waals surface area contributed by atoms with Crippen molar-refractivity contribution in [1.82, 2.24) is 0 Å². The van der Waals surface area contributed by atoms with E-state index in [1.807, 2.05) is 32.0 Å². The quantitative estimate of drug-likeness (QED) is 0.511. The first kappa shape index (κ1) is 17.6. The number of nitriles is 1. The number of hydrogen-bond acceptors (Lipinski definition) is 5. The Labute approximate surface area is 138 Å². The van der Waals surface area contributed by atoms with Crippen LogP contribution in [0.5, 0.6) is 11.5 Å². The molecule has 0 radical (unpaired) electrons. The molecular formula is C18H25NO4. The third kappa shape index (κ3) is 4.60. The predicted molar refractivity (Wildman–Crippen MR) is 86.3 cm³/mol. The third-order valence-electron chi connectivity index (χ3n) is 3.71. The van der Waals surface area contributed by atoms with Crippen molar-refractivity contribution in [3.8, 4) is 17.6 Å². The van der Waals surface area contributed by atoms with E-state index in [1.165, 1.54) is 0 Å². The van der Waals surface area contributed by atoms with Gasteiger partial charge in [-0.05, 0) is 45.2 Å². The molecule has 126 valence electrons. The highest BCUT2D eigenvalue weighted by atomic mass is 16.9. The zero-order valence-corrected chi connectivity index (χ0v) is 14.0. The summed E-state index contributed by atoms with van der Waals surface area (Å²) in [5, 5.41) is 8.55. The Bertz CT molecular complexity index is 532. The lowest BCUT2D eigenvalue weighted by molar-refractivity contribution is -0.347. The van der Waals surface area contributed by atoms with Crippen molar-refractivity contribution >= 4 is 0 Å². The van der Waals surface area contributed by atoms with E-state index in [2.05, 4.69) is 6.07 Å². The maximum Gasteiger partial charge on any atom is 0.327 e. The van der Waals surface area contributed by atoms with Crippen molar-refractivity contribution in [2.75, 3.05) is 19.8 Å². The van der Waals surface area contributed by atoms with Crippen molar-refractivity contribution in [3.63, 3.8) is 0 Å². The fourth-order valence-electron chi connectivity index (χ4n) is 2.69. The summed E-state index contributed by atoms with van der Waals surface area (Å²) in [6, 6.07) is 7.94. The molecule has 1 aromatic rings. The molecule has 0 unspecified atom stereocenters. The minimum absolute atomic E-state index is 0.532. The van der Waals surface area contributed by atoms with Crippen LogP contribution in [-0.4, -0.2) is 25.8 Å². The van der Waals surface area contributed by atoms with Gasteiger partial charge in [-0.3, -0.25) is 0 Å². The summed E-state index contributed by atoms with van der Waals surface area (Å²) in [6.45, 7) is 5.54. The molecule has 0 saturated heterocycles. The van der Waals surface area contributed by atoms with Gasteiger partial charge in [0.05, 0.1) is 25.9 Å². The Morgan fingerprint density at radius 2 is 2.00 bits per heavy atom. The zero-order chi connectivity index (χ0) is 16.5. The van der Waals surface area contributed by atoms with Gasteiger partial charge in [0, 0.05) is 18.4 Å². The van der Waals surface area contributed by atoms with Gasteiger partial charge in [0.2, 0.25) is 0 Å². The normalized spacial score (nSPS) is 15.3. The maximum atomic E-state index is 8.55. The van der Waals surface area contributed by atoms with Crippen molar-refractivity contribution in [3.05, 3.63) is 23.8 Å². The summed E-state index contributed by atoms with van der Waals surface area (Å²) in [5.74, 6) is 0.621. The smallest absolute Gasteiger partial charge is 0.327 e. The van der Waals surface area contributed by atoms with Gasteiger partial charge in [-0.1, -0.05) is 6.07 Å². The summed E-state index contributed by atoms with van der Waals surface area (Å²) in [7, 11) is 0. The van der Waals surface area contributed by atoms with Gasteiger partial charge in [-0.15, -0.1) is 0 Å². The topological polar surface area (TPSA) is 60.7 Å². The van der Waals surface area contributed by atoms with E-state index in [-0.39, 0.29) is 0 Å². The van der Waals surface area contributed by atoms with Crippen LogP contribution in [0, 0.1) is 11.3 Å². The van der Waals surface area contributed by atoms with Crippen molar-refractivity contribution in [2.45, 2.75) is 51.9 Å². The first-order valence-corrected chi connectivity index (χ1v) is 8.33. The molecule has 5 heteroatoms. The number of ether oxygens (including phenoxy) is 4. The number of nitrogens with zero attached hydrogens (tertiary/aromatic N) is 1. The van der Waals surface area contributed by atoms with E-state index in [0.29, 0.717) is 32.7 Å². The fraction of sp³-hybridized carbons (Fsp3) is 0.611. The number of benzene rings is 1. The lowest BCUT2D eigenvalue weighted by Crippen LogP contribution is -2.45. The SMILES string of the molecule is CCOC1(OCC)CCc2c(OCCCCC#N)cccc2O1. The molecule has 0 aliphatic carbocycles. The van der Waals surface area contributed by atoms with E-state index < -0.39 is 5.97 Å². The largest absolute Gasteiger partial charge is 0.493 e. The van der Waals surface area contributed by atoms with Crippen LogP contribution in [-0.2, 0) is 15.9 Å². The van der Waals surface area contributed by atoms with Crippen LogP contribution < -0.4 is 9.47 Å². The van der Waals surface area contributed by atoms with E-state index in [1.54, 1.807) is 0 Å². The standard InChI is InChI=1S/C18H25NO4/c1-3-21-18(22-4-2)12-11-15-16(9-8-10-17(15)23-18)20-14-7-5-6-13-19/h8-10H,3-7,11-12,14H2,1-2H3. The molecule has 0 atom stereocenters. The Hall–Kier alpha value is -1.77. The molecule has 0 aromatic heterocycles. The average Bonchev–Trinajstić information content (AvgIpc) is 2.55. The zero-order valence-electron chi connectivity index (χ0n) is 14.0. The predicted octanol–water partition coefficient (Wildman–Crippen LogP) is 3.81. The van der Waals surface area contributed by atoms with E-state index >= 15 is 0 Å². The molecule has 5 nitrogen and oxygen atoms in total. The lowest BCUT2D eigenvalue weighted by Gasteiger charge is -2.37. The summed E-state index contributed by atoms with van der Waals surface area (Å²) in [4.78, 5) is 0.